The number of methoxy groups -OCH3 is 1. The van der Waals surface area contributed by atoms with Gasteiger partial charge in [0.25, 0.3) is 5.91 Å². The summed E-state index contributed by atoms with van der Waals surface area (Å²) >= 11 is 5.98. The van der Waals surface area contributed by atoms with Crippen LogP contribution in [0.25, 0.3) is 0 Å². The third-order valence-electron chi connectivity index (χ3n) is 3.52. The predicted octanol–water partition coefficient (Wildman–Crippen LogP) is 1.80. The molecule has 1 amide bonds. The largest absolute Gasteiger partial charge is 0.496 e. The van der Waals surface area contributed by atoms with Crippen molar-refractivity contribution >= 4 is 23.2 Å². The Balaban J connectivity index is 2.14. The van der Waals surface area contributed by atoms with E-state index in [1.54, 1.807) is 12.1 Å². The number of nitrogens with two attached hydrogens (primary N) is 1. The first kappa shape index (κ1) is 14.9. The molecule has 1 heterocycles. The Hall–Kier alpha value is -1.46. The highest BCUT2D eigenvalue weighted by molar-refractivity contribution is 6.33. The molecule has 6 heteroatoms. The van der Waals surface area contributed by atoms with E-state index in [0.29, 0.717) is 28.1 Å². The van der Waals surface area contributed by atoms with Gasteiger partial charge in [-0.15, -0.1) is 0 Å². The van der Waals surface area contributed by atoms with Gasteiger partial charge < -0.3 is 21.1 Å². The van der Waals surface area contributed by atoms with Gasteiger partial charge in [-0.2, -0.15) is 0 Å². The van der Waals surface area contributed by atoms with Crippen LogP contribution >= 0.6 is 11.6 Å². The molecule has 2 rings (SSSR count). The van der Waals surface area contributed by atoms with Crippen molar-refractivity contribution < 1.29 is 9.53 Å². The van der Waals surface area contributed by atoms with Crippen molar-refractivity contribution in [3.8, 4) is 5.75 Å². The summed E-state index contributed by atoms with van der Waals surface area (Å²) in [5, 5.41) is 6.74. The highest BCUT2D eigenvalue weighted by atomic mass is 35.5. The van der Waals surface area contributed by atoms with E-state index < -0.39 is 0 Å². The molecule has 4 N–H and O–H groups in total. The van der Waals surface area contributed by atoms with Crippen LogP contribution in [0.1, 0.15) is 30.1 Å². The Morgan fingerprint density at radius 3 is 2.95 bits per heavy atom. The Labute approximate surface area is 123 Å². The van der Waals surface area contributed by atoms with Crippen LogP contribution in [0.2, 0.25) is 5.02 Å². The van der Waals surface area contributed by atoms with Gasteiger partial charge in [0.05, 0.1) is 23.4 Å². The zero-order valence-electron chi connectivity index (χ0n) is 11.7. The molecule has 2 atom stereocenters. The minimum atomic E-state index is -0.178. The van der Waals surface area contributed by atoms with Gasteiger partial charge in [0.2, 0.25) is 0 Å². The zero-order chi connectivity index (χ0) is 14.7. The zero-order valence-corrected chi connectivity index (χ0v) is 12.5. The number of carbonyl (C=O) groups is 1. The number of nitrogens with one attached hydrogen (secondary N) is 2. The summed E-state index contributed by atoms with van der Waals surface area (Å²) in [5.41, 5.74) is 6.53. The van der Waals surface area contributed by atoms with Crippen molar-refractivity contribution in [2.75, 3.05) is 19.4 Å². The maximum Gasteiger partial charge on any atom is 0.255 e. The minimum absolute atomic E-state index is 0.166. The van der Waals surface area contributed by atoms with Crippen LogP contribution in [0.5, 0.6) is 5.75 Å². The molecule has 0 aromatic heterocycles. The summed E-state index contributed by atoms with van der Waals surface area (Å²) in [5.74, 6) is 0.259. The van der Waals surface area contributed by atoms with Crippen molar-refractivity contribution in [1.29, 1.82) is 0 Å². The Bertz CT molecular complexity index is 507. The van der Waals surface area contributed by atoms with E-state index in [1.807, 2.05) is 0 Å². The molecule has 1 aliphatic heterocycles. The first-order chi connectivity index (χ1) is 9.51. The van der Waals surface area contributed by atoms with Gasteiger partial charge in [-0.05, 0) is 32.4 Å². The fraction of sp³-hybridized carbons (Fsp3) is 0.500. The van der Waals surface area contributed by atoms with E-state index in [4.69, 9.17) is 22.1 Å². The summed E-state index contributed by atoms with van der Waals surface area (Å²) < 4.78 is 5.20. The molecule has 1 aromatic carbocycles. The fourth-order valence-electron chi connectivity index (χ4n) is 2.44. The molecule has 2 unspecified atom stereocenters. The maximum absolute atomic E-state index is 12.4. The average molecular weight is 298 g/mol. The second kappa shape index (κ2) is 6.33. The summed E-state index contributed by atoms with van der Waals surface area (Å²) in [6, 6.07) is 3.70. The lowest BCUT2D eigenvalue weighted by Crippen LogP contribution is -2.46. The van der Waals surface area contributed by atoms with Gasteiger partial charge >= 0.3 is 0 Å². The third-order valence-corrected chi connectivity index (χ3v) is 3.85. The van der Waals surface area contributed by atoms with E-state index in [-0.39, 0.29) is 11.9 Å². The highest BCUT2D eigenvalue weighted by Crippen LogP contribution is 2.29. The van der Waals surface area contributed by atoms with Gasteiger partial charge in [-0.25, -0.2) is 0 Å². The summed E-state index contributed by atoms with van der Waals surface area (Å²) in [6.07, 6.45) is 1.83. The SMILES string of the molecule is COc1cc(N)c(Cl)cc1C(=O)NC1CCNC(C)C1. The molecular weight excluding hydrogens is 278 g/mol. The number of hydrogen-bond acceptors (Lipinski definition) is 4. The first-order valence-corrected chi connectivity index (χ1v) is 7.06. The lowest BCUT2D eigenvalue weighted by atomic mass is 10.00. The molecule has 0 bridgehead atoms. The standard InChI is InChI=1S/C14H20ClN3O2/c1-8-5-9(3-4-17-8)18-14(19)10-6-11(15)12(16)7-13(10)20-2/h6-9,17H,3-5,16H2,1-2H3,(H,18,19). The van der Waals surface area contributed by atoms with Crippen LogP contribution in [0.3, 0.4) is 0 Å². The van der Waals surface area contributed by atoms with Crippen molar-refractivity contribution in [1.82, 2.24) is 10.6 Å². The molecule has 1 fully saturated rings. The Morgan fingerprint density at radius 1 is 1.55 bits per heavy atom. The number of benzene rings is 1. The quantitative estimate of drug-likeness (QED) is 0.744. The van der Waals surface area contributed by atoms with Gasteiger partial charge in [0, 0.05) is 18.2 Å². The highest BCUT2D eigenvalue weighted by Gasteiger charge is 2.22. The van der Waals surface area contributed by atoms with E-state index >= 15 is 0 Å². The number of amides is 1. The maximum atomic E-state index is 12.4. The fourth-order valence-corrected chi connectivity index (χ4v) is 2.61. The average Bonchev–Trinajstić information content (AvgIpc) is 2.41. The summed E-state index contributed by atoms with van der Waals surface area (Å²) in [4.78, 5) is 12.4. The van der Waals surface area contributed by atoms with E-state index in [1.165, 1.54) is 7.11 Å². The monoisotopic (exact) mass is 297 g/mol. The topological polar surface area (TPSA) is 76.4 Å². The van der Waals surface area contributed by atoms with E-state index in [9.17, 15) is 4.79 Å². The molecular formula is C14H20ClN3O2. The number of ether oxygens (including phenoxy) is 1. The lowest BCUT2D eigenvalue weighted by Gasteiger charge is -2.28. The van der Waals surface area contributed by atoms with E-state index in [2.05, 4.69) is 17.6 Å². The van der Waals surface area contributed by atoms with Crippen molar-refractivity contribution in [2.45, 2.75) is 31.8 Å². The number of carbonyl (C=O) groups excluding carboxylic acids is 1. The van der Waals surface area contributed by atoms with Crippen LogP contribution in [0, 0.1) is 0 Å². The number of anilines is 1. The molecule has 110 valence electrons. The number of rotatable bonds is 3. The van der Waals surface area contributed by atoms with Crippen LogP contribution in [-0.2, 0) is 0 Å². The van der Waals surface area contributed by atoms with Crippen LogP contribution in [-0.4, -0.2) is 31.6 Å². The van der Waals surface area contributed by atoms with Gasteiger partial charge in [0.15, 0.2) is 0 Å². The summed E-state index contributed by atoms with van der Waals surface area (Å²) in [6.45, 7) is 3.02. The number of piperidine rings is 1. The molecule has 5 nitrogen and oxygen atoms in total. The number of hydrogen-bond donors (Lipinski definition) is 3. The normalized spacial score (nSPS) is 22.4. The molecule has 1 aromatic rings. The lowest BCUT2D eigenvalue weighted by molar-refractivity contribution is 0.0922. The molecule has 0 radical (unpaired) electrons. The predicted molar refractivity (Wildman–Crippen MR) is 80.4 cm³/mol. The van der Waals surface area contributed by atoms with Crippen LogP contribution in [0.15, 0.2) is 12.1 Å². The summed E-state index contributed by atoms with van der Waals surface area (Å²) in [7, 11) is 1.51. The number of nitrogen functional groups attached to an aromatic ring is 1. The van der Waals surface area contributed by atoms with Gasteiger partial charge in [-0.1, -0.05) is 11.6 Å². The Morgan fingerprint density at radius 2 is 2.30 bits per heavy atom. The molecule has 1 saturated heterocycles. The van der Waals surface area contributed by atoms with Crippen LogP contribution in [0.4, 0.5) is 5.69 Å². The second-order valence-electron chi connectivity index (χ2n) is 5.12. The minimum Gasteiger partial charge on any atom is -0.496 e. The molecule has 1 aliphatic rings. The first-order valence-electron chi connectivity index (χ1n) is 6.68. The Kier molecular flexibility index (Phi) is 4.73. The number of halogens is 1. The molecule has 0 saturated carbocycles. The van der Waals surface area contributed by atoms with Crippen LogP contribution < -0.4 is 21.1 Å². The second-order valence-corrected chi connectivity index (χ2v) is 5.53. The van der Waals surface area contributed by atoms with E-state index in [0.717, 1.165) is 19.4 Å². The van der Waals surface area contributed by atoms with Crippen molar-refractivity contribution in [3.63, 3.8) is 0 Å². The molecule has 0 aliphatic carbocycles. The van der Waals surface area contributed by atoms with Crippen molar-refractivity contribution in [2.24, 2.45) is 0 Å². The smallest absolute Gasteiger partial charge is 0.255 e. The molecule has 0 spiro atoms. The molecule has 20 heavy (non-hydrogen) atoms. The van der Waals surface area contributed by atoms with Crippen molar-refractivity contribution in [3.05, 3.63) is 22.7 Å². The third kappa shape index (κ3) is 3.35. The van der Waals surface area contributed by atoms with Gasteiger partial charge in [-0.3, -0.25) is 4.79 Å². The van der Waals surface area contributed by atoms with Gasteiger partial charge in [0.1, 0.15) is 5.75 Å².